The van der Waals surface area contributed by atoms with E-state index in [1.807, 2.05) is 0 Å². The lowest BCUT2D eigenvalue weighted by Crippen LogP contribution is -2.19. The minimum Gasteiger partial charge on any atom is -0.478 e. The summed E-state index contributed by atoms with van der Waals surface area (Å²) in [6.45, 7) is 2.74. The van der Waals surface area contributed by atoms with Crippen molar-refractivity contribution in [1.29, 1.82) is 0 Å². The summed E-state index contributed by atoms with van der Waals surface area (Å²) in [4.78, 5) is 10.8. The van der Waals surface area contributed by atoms with Crippen molar-refractivity contribution >= 4 is 27.4 Å². The molecule has 18 heavy (non-hydrogen) atoms. The molecular weight excluding hydrogens is 280 g/mol. The van der Waals surface area contributed by atoms with Gasteiger partial charge in [0, 0.05) is 5.02 Å². The summed E-state index contributed by atoms with van der Waals surface area (Å²) in [5.74, 6) is -1.73. The van der Waals surface area contributed by atoms with E-state index in [0.717, 1.165) is 0 Å². The number of hydrogen-bond donors (Lipinski definition) is 2. The third-order valence-electron chi connectivity index (χ3n) is 2.35. The fourth-order valence-corrected chi connectivity index (χ4v) is 3.59. The molecule has 100 valence electrons. The maximum absolute atomic E-state index is 12.0. The Morgan fingerprint density at radius 2 is 2.00 bits per heavy atom. The number of hydrogen-bond acceptors (Lipinski definition) is 4. The molecular formula is C11H13ClO5S. The minimum atomic E-state index is -3.77. The largest absolute Gasteiger partial charge is 0.478 e. The summed E-state index contributed by atoms with van der Waals surface area (Å²) >= 11 is 5.72. The van der Waals surface area contributed by atoms with Gasteiger partial charge in [-0.1, -0.05) is 11.6 Å². The van der Waals surface area contributed by atoms with Crippen molar-refractivity contribution in [3.63, 3.8) is 0 Å². The van der Waals surface area contributed by atoms with E-state index in [1.54, 1.807) is 0 Å². The van der Waals surface area contributed by atoms with Gasteiger partial charge in [0.25, 0.3) is 0 Å². The van der Waals surface area contributed by atoms with E-state index < -0.39 is 27.7 Å². The van der Waals surface area contributed by atoms with Crippen LogP contribution in [-0.4, -0.2) is 36.5 Å². The van der Waals surface area contributed by atoms with Gasteiger partial charge < -0.3 is 10.2 Å². The standard InChI is InChI=1S/C11H13ClO5S/c1-6(13)5-18(16,17)10-4-8(12)3-9(7(10)2)11(14)15/h3-4,6,13H,5H2,1-2H3,(H,14,15). The molecule has 1 unspecified atom stereocenters. The summed E-state index contributed by atoms with van der Waals surface area (Å²) in [5, 5.41) is 18.1. The number of aliphatic hydroxyl groups is 1. The molecule has 1 atom stereocenters. The normalized spacial score (nSPS) is 13.3. The number of halogens is 1. The van der Waals surface area contributed by atoms with Gasteiger partial charge in [0.1, 0.15) is 0 Å². The summed E-state index contributed by atoms with van der Waals surface area (Å²) < 4.78 is 24.0. The van der Waals surface area contributed by atoms with Crippen molar-refractivity contribution in [3.05, 3.63) is 28.3 Å². The average Bonchev–Trinajstić information content (AvgIpc) is 2.18. The maximum Gasteiger partial charge on any atom is 0.336 e. The van der Waals surface area contributed by atoms with Gasteiger partial charge in [-0.25, -0.2) is 13.2 Å². The first-order chi connectivity index (χ1) is 8.15. The fraction of sp³-hybridized carbons (Fsp3) is 0.364. The molecule has 1 rings (SSSR count). The first-order valence-electron chi connectivity index (χ1n) is 5.09. The van der Waals surface area contributed by atoms with E-state index >= 15 is 0 Å². The van der Waals surface area contributed by atoms with Crippen molar-refractivity contribution < 1.29 is 23.4 Å². The number of aromatic carboxylic acids is 1. The Kier molecular flexibility index (Phi) is 4.37. The van der Waals surface area contributed by atoms with Crippen LogP contribution in [-0.2, 0) is 9.84 Å². The molecule has 1 aromatic carbocycles. The van der Waals surface area contributed by atoms with Gasteiger partial charge in [0.15, 0.2) is 9.84 Å². The van der Waals surface area contributed by atoms with Crippen LogP contribution in [0, 0.1) is 6.92 Å². The SMILES string of the molecule is Cc1c(C(=O)O)cc(Cl)cc1S(=O)(=O)CC(C)O. The molecule has 0 amide bonds. The molecule has 0 aliphatic rings. The predicted octanol–water partition coefficient (Wildman–Crippen LogP) is 1.50. The molecule has 0 bridgehead atoms. The van der Waals surface area contributed by atoms with Crippen LogP contribution in [0.25, 0.3) is 0 Å². The zero-order valence-electron chi connectivity index (χ0n) is 9.84. The predicted molar refractivity (Wildman–Crippen MR) is 66.9 cm³/mol. The molecule has 0 saturated heterocycles. The number of rotatable bonds is 4. The Bertz CT molecular complexity index is 577. The lowest BCUT2D eigenvalue weighted by molar-refractivity contribution is 0.0696. The molecule has 0 aromatic heterocycles. The van der Waals surface area contributed by atoms with Gasteiger partial charge in [-0.2, -0.15) is 0 Å². The van der Waals surface area contributed by atoms with E-state index in [9.17, 15) is 13.2 Å². The Balaban J connectivity index is 3.47. The van der Waals surface area contributed by atoms with Gasteiger partial charge in [-0.05, 0) is 31.5 Å². The Morgan fingerprint density at radius 3 is 2.44 bits per heavy atom. The van der Waals surface area contributed by atoms with Crippen molar-refractivity contribution in [1.82, 2.24) is 0 Å². The molecule has 1 aromatic rings. The third-order valence-corrected chi connectivity index (χ3v) is 4.58. The highest BCUT2D eigenvalue weighted by molar-refractivity contribution is 7.91. The first kappa shape index (κ1) is 14.9. The lowest BCUT2D eigenvalue weighted by atomic mass is 10.1. The van der Waals surface area contributed by atoms with E-state index in [1.165, 1.54) is 26.0 Å². The summed E-state index contributed by atoms with van der Waals surface area (Å²) in [5.41, 5.74) is -0.0424. The van der Waals surface area contributed by atoms with Gasteiger partial charge in [0.05, 0.1) is 22.3 Å². The zero-order chi connectivity index (χ0) is 14.1. The second kappa shape index (κ2) is 5.26. The van der Waals surface area contributed by atoms with Gasteiger partial charge >= 0.3 is 5.97 Å². The van der Waals surface area contributed by atoms with Crippen molar-refractivity contribution in [2.45, 2.75) is 24.8 Å². The van der Waals surface area contributed by atoms with Crippen LogP contribution in [0.4, 0.5) is 0 Å². The number of carbonyl (C=O) groups is 1. The first-order valence-corrected chi connectivity index (χ1v) is 7.12. The van der Waals surface area contributed by atoms with Gasteiger partial charge in [-0.3, -0.25) is 0 Å². The van der Waals surface area contributed by atoms with Crippen LogP contribution in [0.2, 0.25) is 5.02 Å². The molecule has 0 heterocycles. The smallest absolute Gasteiger partial charge is 0.336 e. The van der Waals surface area contributed by atoms with E-state index in [-0.39, 0.29) is 21.0 Å². The number of benzene rings is 1. The Labute approximate surface area is 110 Å². The van der Waals surface area contributed by atoms with E-state index in [4.69, 9.17) is 21.8 Å². The molecule has 5 nitrogen and oxygen atoms in total. The highest BCUT2D eigenvalue weighted by Gasteiger charge is 2.23. The van der Waals surface area contributed by atoms with Crippen LogP contribution >= 0.6 is 11.6 Å². The molecule has 0 aliphatic heterocycles. The van der Waals surface area contributed by atoms with E-state index in [0.29, 0.717) is 0 Å². The Hall–Kier alpha value is -1.11. The summed E-state index contributed by atoms with van der Waals surface area (Å²) in [6, 6.07) is 2.39. The fourth-order valence-electron chi connectivity index (χ4n) is 1.61. The quantitative estimate of drug-likeness (QED) is 0.877. The molecule has 7 heteroatoms. The minimum absolute atomic E-state index is 0.0298. The second-order valence-corrected chi connectivity index (χ2v) is 6.45. The monoisotopic (exact) mass is 292 g/mol. The van der Waals surface area contributed by atoms with Gasteiger partial charge in [-0.15, -0.1) is 0 Å². The maximum atomic E-state index is 12.0. The average molecular weight is 293 g/mol. The number of aliphatic hydroxyl groups excluding tert-OH is 1. The number of sulfone groups is 1. The van der Waals surface area contributed by atoms with Gasteiger partial charge in [0.2, 0.25) is 0 Å². The van der Waals surface area contributed by atoms with Crippen molar-refractivity contribution in [2.24, 2.45) is 0 Å². The van der Waals surface area contributed by atoms with Crippen LogP contribution < -0.4 is 0 Å². The van der Waals surface area contributed by atoms with Crippen LogP contribution in [0.5, 0.6) is 0 Å². The third kappa shape index (κ3) is 3.22. The molecule has 0 spiro atoms. The lowest BCUT2D eigenvalue weighted by Gasteiger charge is -2.12. The molecule has 0 saturated carbocycles. The zero-order valence-corrected chi connectivity index (χ0v) is 11.4. The number of carboxylic acid groups (broad SMARTS) is 1. The van der Waals surface area contributed by atoms with Crippen LogP contribution in [0.3, 0.4) is 0 Å². The number of carboxylic acids is 1. The van der Waals surface area contributed by atoms with Crippen LogP contribution in [0.15, 0.2) is 17.0 Å². The molecule has 2 N–H and O–H groups in total. The molecule has 0 aliphatic carbocycles. The van der Waals surface area contributed by atoms with Crippen LogP contribution in [0.1, 0.15) is 22.8 Å². The highest BCUT2D eigenvalue weighted by Crippen LogP contribution is 2.25. The van der Waals surface area contributed by atoms with E-state index in [2.05, 4.69) is 0 Å². The second-order valence-electron chi connectivity index (χ2n) is 4.01. The van der Waals surface area contributed by atoms with Crippen molar-refractivity contribution in [2.75, 3.05) is 5.75 Å². The highest BCUT2D eigenvalue weighted by atomic mass is 35.5. The Morgan fingerprint density at radius 1 is 1.44 bits per heavy atom. The van der Waals surface area contributed by atoms with Crippen molar-refractivity contribution in [3.8, 4) is 0 Å². The molecule has 0 radical (unpaired) electrons. The summed E-state index contributed by atoms with van der Waals surface area (Å²) in [6.07, 6.45) is -1.04. The molecule has 0 fully saturated rings. The summed E-state index contributed by atoms with van der Waals surface area (Å²) in [7, 11) is -3.77. The topological polar surface area (TPSA) is 91.7 Å².